The van der Waals surface area contributed by atoms with Crippen LogP contribution in [0.1, 0.15) is 12.5 Å². The zero-order valence-corrected chi connectivity index (χ0v) is 9.86. The van der Waals surface area contributed by atoms with Gasteiger partial charge in [-0.15, -0.1) is 0 Å². The summed E-state index contributed by atoms with van der Waals surface area (Å²) >= 11 is 0. The second kappa shape index (κ2) is 5.33. The van der Waals surface area contributed by atoms with E-state index in [2.05, 4.69) is 22.1 Å². The summed E-state index contributed by atoms with van der Waals surface area (Å²) < 4.78 is 0. The van der Waals surface area contributed by atoms with Crippen LogP contribution in [-0.4, -0.2) is 36.6 Å². The smallest absolute Gasteiger partial charge is 0.149 e. The van der Waals surface area contributed by atoms with Crippen molar-refractivity contribution in [1.82, 2.24) is 9.88 Å². The fourth-order valence-corrected chi connectivity index (χ4v) is 1.49. The molecule has 0 aromatic carbocycles. The van der Waals surface area contributed by atoms with Crippen molar-refractivity contribution in [3.63, 3.8) is 0 Å². The molecule has 1 aromatic rings. The molecule has 1 rings (SSSR count). The van der Waals surface area contributed by atoms with Gasteiger partial charge in [-0.1, -0.05) is 0 Å². The van der Waals surface area contributed by atoms with E-state index in [-0.39, 0.29) is 6.04 Å². The van der Waals surface area contributed by atoms with Gasteiger partial charge in [0.1, 0.15) is 11.9 Å². The van der Waals surface area contributed by atoms with Gasteiger partial charge in [0.05, 0.1) is 11.3 Å². The summed E-state index contributed by atoms with van der Waals surface area (Å²) in [6, 6.07) is 3.87. The largest absolute Gasteiger partial charge is 0.396 e. The highest BCUT2D eigenvalue weighted by atomic mass is 15.1. The molecule has 1 heterocycles. The Morgan fingerprint density at radius 1 is 1.62 bits per heavy atom. The average molecular weight is 219 g/mol. The quantitative estimate of drug-likeness (QED) is 0.786. The van der Waals surface area contributed by atoms with E-state index in [0.717, 1.165) is 6.54 Å². The van der Waals surface area contributed by atoms with Gasteiger partial charge in [0, 0.05) is 18.8 Å². The van der Waals surface area contributed by atoms with Crippen LogP contribution in [0.5, 0.6) is 0 Å². The molecule has 16 heavy (non-hydrogen) atoms. The average Bonchev–Trinajstić information content (AvgIpc) is 2.19. The number of pyridine rings is 1. The third-order valence-electron chi connectivity index (χ3n) is 2.07. The molecule has 0 aliphatic carbocycles. The highest BCUT2D eigenvalue weighted by Gasteiger charge is 2.07. The molecule has 5 heteroatoms. The lowest BCUT2D eigenvalue weighted by molar-refractivity contribution is 0.392. The van der Waals surface area contributed by atoms with Crippen LogP contribution in [0.15, 0.2) is 12.3 Å². The number of nitriles is 1. The number of aromatic nitrogens is 1. The molecule has 0 aliphatic heterocycles. The number of rotatable bonds is 4. The molecule has 3 N–H and O–H groups in total. The molecule has 5 nitrogen and oxygen atoms in total. The Labute approximate surface area is 95.9 Å². The van der Waals surface area contributed by atoms with E-state index in [1.165, 1.54) is 6.20 Å². The van der Waals surface area contributed by atoms with Gasteiger partial charge in [0.25, 0.3) is 0 Å². The summed E-state index contributed by atoms with van der Waals surface area (Å²) in [5.74, 6) is 0.633. The van der Waals surface area contributed by atoms with Crippen LogP contribution in [-0.2, 0) is 0 Å². The Kier molecular flexibility index (Phi) is 4.09. The van der Waals surface area contributed by atoms with Gasteiger partial charge in [-0.3, -0.25) is 0 Å². The van der Waals surface area contributed by atoms with Crippen LogP contribution in [0.25, 0.3) is 0 Å². The lowest BCUT2D eigenvalue weighted by Gasteiger charge is -2.19. The van der Waals surface area contributed by atoms with E-state index >= 15 is 0 Å². The number of anilines is 2. The molecule has 0 saturated heterocycles. The summed E-state index contributed by atoms with van der Waals surface area (Å²) in [5.41, 5.74) is 6.77. The summed E-state index contributed by atoms with van der Waals surface area (Å²) in [7, 11) is 4.02. The van der Waals surface area contributed by atoms with Crippen LogP contribution in [0.3, 0.4) is 0 Å². The molecule has 0 fully saturated rings. The molecule has 1 atom stereocenters. The number of hydrogen-bond donors (Lipinski definition) is 2. The standard InChI is InChI=1S/C11H17N5/c1-8(7-16(2)3)15-11-10(13)4-9(5-12)6-14-11/h4,6,8H,7,13H2,1-3H3,(H,14,15). The first-order valence-electron chi connectivity index (χ1n) is 5.10. The van der Waals surface area contributed by atoms with Gasteiger partial charge in [-0.25, -0.2) is 4.98 Å². The third-order valence-corrected chi connectivity index (χ3v) is 2.07. The molecule has 0 saturated carbocycles. The summed E-state index contributed by atoms with van der Waals surface area (Å²) in [4.78, 5) is 6.20. The number of nitrogens with zero attached hydrogens (tertiary/aromatic N) is 3. The van der Waals surface area contributed by atoms with Crippen LogP contribution in [0.2, 0.25) is 0 Å². The van der Waals surface area contributed by atoms with Crippen LogP contribution >= 0.6 is 0 Å². The second-order valence-corrected chi connectivity index (χ2v) is 4.08. The lowest BCUT2D eigenvalue weighted by atomic mass is 10.2. The first-order valence-corrected chi connectivity index (χ1v) is 5.10. The third kappa shape index (κ3) is 3.41. The van der Waals surface area contributed by atoms with Crippen molar-refractivity contribution in [1.29, 1.82) is 5.26 Å². The molecule has 0 bridgehead atoms. The van der Waals surface area contributed by atoms with Gasteiger partial charge in [0.15, 0.2) is 0 Å². The number of hydrogen-bond acceptors (Lipinski definition) is 5. The van der Waals surface area contributed by atoms with E-state index < -0.39 is 0 Å². The highest BCUT2D eigenvalue weighted by molar-refractivity contribution is 5.63. The van der Waals surface area contributed by atoms with Crippen LogP contribution in [0, 0.1) is 11.3 Å². The van der Waals surface area contributed by atoms with Crippen molar-refractivity contribution in [2.75, 3.05) is 31.7 Å². The fourth-order valence-electron chi connectivity index (χ4n) is 1.49. The fraction of sp³-hybridized carbons (Fsp3) is 0.455. The van der Waals surface area contributed by atoms with E-state index in [4.69, 9.17) is 11.0 Å². The van der Waals surface area contributed by atoms with E-state index in [9.17, 15) is 0 Å². The molecule has 0 amide bonds. The minimum atomic E-state index is 0.248. The maximum Gasteiger partial charge on any atom is 0.149 e. The Morgan fingerprint density at radius 2 is 2.31 bits per heavy atom. The van der Waals surface area contributed by atoms with Gasteiger partial charge >= 0.3 is 0 Å². The maximum atomic E-state index is 8.68. The molecule has 1 unspecified atom stereocenters. The monoisotopic (exact) mass is 219 g/mol. The van der Waals surface area contributed by atoms with Crippen LogP contribution < -0.4 is 11.1 Å². The van der Waals surface area contributed by atoms with Crippen molar-refractivity contribution in [3.8, 4) is 6.07 Å². The first kappa shape index (κ1) is 12.3. The number of nitrogen functional groups attached to an aromatic ring is 1. The number of likely N-dealkylation sites (N-methyl/N-ethyl adjacent to an activating group) is 1. The molecule has 86 valence electrons. The van der Waals surface area contributed by atoms with Crippen molar-refractivity contribution < 1.29 is 0 Å². The minimum Gasteiger partial charge on any atom is -0.396 e. The lowest BCUT2D eigenvalue weighted by Crippen LogP contribution is -2.30. The Bertz CT molecular complexity index is 394. The van der Waals surface area contributed by atoms with Crippen molar-refractivity contribution >= 4 is 11.5 Å². The zero-order valence-electron chi connectivity index (χ0n) is 9.86. The Balaban J connectivity index is 2.71. The Hall–Kier alpha value is -1.80. The summed E-state index contributed by atoms with van der Waals surface area (Å²) in [5, 5.41) is 11.9. The zero-order chi connectivity index (χ0) is 12.1. The molecular formula is C11H17N5. The van der Waals surface area contributed by atoms with Gasteiger partial charge in [-0.2, -0.15) is 5.26 Å². The molecule has 0 spiro atoms. The van der Waals surface area contributed by atoms with Crippen molar-refractivity contribution in [3.05, 3.63) is 17.8 Å². The Morgan fingerprint density at radius 3 is 2.81 bits per heavy atom. The van der Waals surface area contributed by atoms with Crippen molar-refractivity contribution in [2.45, 2.75) is 13.0 Å². The number of nitrogens with two attached hydrogens (primary N) is 1. The predicted octanol–water partition coefficient (Wildman–Crippen LogP) is 0.897. The van der Waals surface area contributed by atoms with E-state index in [0.29, 0.717) is 17.1 Å². The summed E-state index contributed by atoms with van der Waals surface area (Å²) in [6.45, 7) is 2.94. The van der Waals surface area contributed by atoms with Crippen molar-refractivity contribution in [2.24, 2.45) is 0 Å². The molecule has 1 aromatic heterocycles. The van der Waals surface area contributed by atoms with Crippen LogP contribution in [0.4, 0.5) is 11.5 Å². The SMILES string of the molecule is CC(CN(C)C)Nc1ncc(C#N)cc1N. The number of nitrogens with one attached hydrogen (secondary N) is 1. The molecular weight excluding hydrogens is 202 g/mol. The van der Waals surface area contributed by atoms with Gasteiger partial charge in [-0.05, 0) is 27.1 Å². The molecule has 0 aliphatic rings. The second-order valence-electron chi connectivity index (χ2n) is 4.08. The topological polar surface area (TPSA) is 78.0 Å². The summed E-state index contributed by atoms with van der Waals surface area (Å²) in [6.07, 6.45) is 1.51. The first-order chi connectivity index (χ1) is 7.52. The van der Waals surface area contributed by atoms with E-state index in [1.54, 1.807) is 6.07 Å². The minimum absolute atomic E-state index is 0.248. The maximum absolute atomic E-state index is 8.68. The molecule has 0 radical (unpaired) electrons. The normalized spacial score (nSPS) is 12.2. The van der Waals surface area contributed by atoms with Gasteiger partial charge in [0.2, 0.25) is 0 Å². The van der Waals surface area contributed by atoms with E-state index in [1.807, 2.05) is 20.2 Å². The van der Waals surface area contributed by atoms with Gasteiger partial charge < -0.3 is 16.0 Å². The highest BCUT2D eigenvalue weighted by Crippen LogP contribution is 2.16. The predicted molar refractivity (Wildman–Crippen MR) is 65.0 cm³/mol.